The molecule has 2 N–H and O–H groups in total. The summed E-state index contributed by atoms with van der Waals surface area (Å²) in [6.45, 7) is 4.80. The van der Waals surface area contributed by atoms with Gasteiger partial charge in [0.2, 0.25) is 0 Å². The van der Waals surface area contributed by atoms with E-state index in [9.17, 15) is 0 Å². The lowest BCUT2D eigenvalue weighted by atomic mass is 9.82. The third-order valence-corrected chi connectivity index (χ3v) is 3.69. The van der Waals surface area contributed by atoms with E-state index in [4.69, 9.17) is 10.5 Å². The monoisotopic (exact) mass is 219 g/mol. The van der Waals surface area contributed by atoms with Crippen LogP contribution in [0.5, 0.6) is 0 Å². The second-order valence-electron chi connectivity index (χ2n) is 4.69. The van der Waals surface area contributed by atoms with Crippen molar-refractivity contribution in [3.63, 3.8) is 0 Å². The van der Waals surface area contributed by atoms with Gasteiger partial charge in [0.25, 0.3) is 0 Å². The van der Waals surface area contributed by atoms with E-state index in [1.807, 2.05) is 0 Å². The summed E-state index contributed by atoms with van der Waals surface area (Å²) in [6.07, 6.45) is 2.38. The zero-order valence-electron chi connectivity index (χ0n) is 9.99. The van der Waals surface area contributed by atoms with Crippen LogP contribution in [0.1, 0.15) is 36.8 Å². The molecule has 0 bridgehead atoms. The van der Waals surface area contributed by atoms with E-state index in [1.165, 1.54) is 24.0 Å². The van der Waals surface area contributed by atoms with Crippen LogP contribution in [0.3, 0.4) is 0 Å². The summed E-state index contributed by atoms with van der Waals surface area (Å²) < 4.78 is 5.41. The lowest BCUT2D eigenvalue weighted by Crippen LogP contribution is -2.20. The Balaban J connectivity index is 2.09. The third-order valence-electron chi connectivity index (χ3n) is 3.69. The summed E-state index contributed by atoms with van der Waals surface area (Å²) >= 11 is 0. The second kappa shape index (κ2) is 5.46. The first-order chi connectivity index (χ1) is 7.81. The fourth-order valence-electron chi connectivity index (χ4n) is 2.49. The first-order valence-corrected chi connectivity index (χ1v) is 6.18. The quantitative estimate of drug-likeness (QED) is 0.848. The summed E-state index contributed by atoms with van der Waals surface area (Å²) in [4.78, 5) is 0. The fraction of sp³-hybridized carbons (Fsp3) is 0.571. The first kappa shape index (κ1) is 11.6. The molecule has 0 aliphatic carbocycles. The number of rotatable bonds is 3. The van der Waals surface area contributed by atoms with Crippen LogP contribution in [0, 0.1) is 5.92 Å². The van der Waals surface area contributed by atoms with Gasteiger partial charge in [-0.1, -0.05) is 31.2 Å². The van der Waals surface area contributed by atoms with Crippen molar-refractivity contribution >= 4 is 0 Å². The average Bonchev–Trinajstić information content (AvgIpc) is 2.39. The average molecular weight is 219 g/mol. The van der Waals surface area contributed by atoms with Crippen LogP contribution in [0.15, 0.2) is 24.3 Å². The van der Waals surface area contributed by atoms with E-state index in [0.717, 1.165) is 19.1 Å². The Hall–Kier alpha value is -0.860. The molecule has 2 heteroatoms. The zero-order valence-corrected chi connectivity index (χ0v) is 9.99. The van der Waals surface area contributed by atoms with Crippen molar-refractivity contribution in [2.75, 3.05) is 13.2 Å². The molecule has 1 fully saturated rings. The molecule has 0 amide bonds. The van der Waals surface area contributed by atoms with E-state index in [1.54, 1.807) is 0 Å². The molecule has 1 aromatic carbocycles. The number of hydrogen-bond acceptors (Lipinski definition) is 2. The summed E-state index contributed by atoms with van der Waals surface area (Å²) in [5.41, 5.74) is 8.34. The molecule has 1 atom stereocenters. The molecule has 88 valence electrons. The van der Waals surface area contributed by atoms with Crippen LogP contribution in [-0.2, 0) is 11.3 Å². The van der Waals surface area contributed by atoms with Gasteiger partial charge in [0.05, 0.1) is 0 Å². The predicted octanol–water partition coefficient (Wildman–Crippen LogP) is 2.68. The molecular formula is C14H21NO. The molecule has 1 heterocycles. The molecule has 0 saturated carbocycles. The van der Waals surface area contributed by atoms with Crippen molar-refractivity contribution in [1.82, 2.24) is 0 Å². The molecule has 0 aromatic heterocycles. The number of ether oxygens (including phenoxy) is 1. The second-order valence-corrected chi connectivity index (χ2v) is 4.69. The van der Waals surface area contributed by atoms with Crippen LogP contribution >= 0.6 is 0 Å². The molecule has 2 rings (SSSR count). The molecule has 1 saturated heterocycles. The van der Waals surface area contributed by atoms with E-state index in [-0.39, 0.29) is 0 Å². The van der Waals surface area contributed by atoms with Gasteiger partial charge >= 0.3 is 0 Å². The minimum absolute atomic E-state index is 0.621. The van der Waals surface area contributed by atoms with Gasteiger partial charge in [-0.25, -0.2) is 0 Å². The van der Waals surface area contributed by atoms with Crippen LogP contribution < -0.4 is 5.73 Å². The fourth-order valence-corrected chi connectivity index (χ4v) is 2.49. The maximum absolute atomic E-state index is 5.68. The van der Waals surface area contributed by atoms with Gasteiger partial charge in [-0.3, -0.25) is 0 Å². The van der Waals surface area contributed by atoms with E-state index >= 15 is 0 Å². The summed E-state index contributed by atoms with van der Waals surface area (Å²) in [5.74, 6) is 1.39. The predicted molar refractivity (Wildman–Crippen MR) is 66.3 cm³/mol. The summed E-state index contributed by atoms with van der Waals surface area (Å²) in [5, 5.41) is 0. The Morgan fingerprint density at radius 3 is 2.81 bits per heavy atom. The Kier molecular flexibility index (Phi) is 3.97. The Bertz CT molecular complexity index is 331. The zero-order chi connectivity index (χ0) is 11.4. The summed E-state index contributed by atoms with van der Waals surface area (Å²) in [6, 6.07) is 8.69. The van der Waals surface area contributed by atoms with Crippen LogP contribution in [0.2, 0.25) is 0 Å². The highest BCUT2D eigenvalue weighted by atomic mass is 16.5. The van der Waals surface area contributed by atoms with Crippen molar-refractivity contribution in [1.29, 1.82) is 0 Å². The maximum Gasteiger partial charge on any atom is 0.0468 e. The Morgan fingerprint density at radius 2 is 2.12 bits per heavy atom. The summed E-state index contributed by atoms with van der Waals surface area (Å²) in [7, 11) is 0. The number of hydrogen-bond donors (Lipinski definition) is 1. The van der Waals surface area contributed by atoms with Crippen molar-refractivity contribution in [3.05, 3.63) is 35.4 Å². The van der Waals surface area contributed by atoms with Crippen molar-refractivity contribution < 1.29 is 4.74 Å². The molecular weight excluding hydrogens is 198 g/mol. The smallest absolute Gasteiger partial charge is 0.0468 e. The van der Waals surface area contributed by atoms with Gasteiger partial charge in [0.15, 0.2) is 0 Å². The van der Waals surface area contributed by atoms with Crippen LogP contribution in [0.25, 0.3) is 0 Å². The normalized spacial score (nSPS) is 19.6. The van der Waals surface area contributed by atoms with Gasteiger partial charge in [-0.2, -0.15) is 0 Å². The largest absolute Gasteiger partial charge is 0.381 e. The lowest BCUT2D eigenvalue weighted by Gasteiger charge is -2.28. The molecule has 0 radical (unpaired) electrons. The highest BCUT2D eigenvalue weighted by molar-refractivity contribution is 5.26. The molecule has 2 nitrogen and oxygen atoms in total. The van der Waals surface area contributed by atoms with Gasteiger partial charge in [0, 0.05) is 19.8 Å². The lowest BCUT2D eigenvalue weighted by molar-refractivity contribution is 0.0596. The first-order valence-electron chi connectivity index (χ1n) is 6.18. The number of benzene rings is 1. The minimum atomic E-state index is 0.621. The minimum Gasteiger partial charge on any atom is -0.381 e. The van der Waals surface area contributed by atoms with Crippen molar-refractivity contribution in [3.8, 4) is 0 Å². The Labute approximate surface area is 97.8 Å². The highest BCUT2D eigenvalue weighted by Gasteiger charge is 2.21. The molecule has 0 spiro atoms. The number of nitrogens with two attached hydrogens (primary N) is 1. The molecule has 1 aliphatic heterocycles. The van der Waals surface area contributed by atoms with Gasteiger partial charge in [-0.15, -0.1) is 0 Å². The highest BCUT2D eigenvalue weighted by Crippen LogP contribution is 2.31. The van der Waals surface area contributed by atoms with Crippen LogP contribution in [0.4, 0.5) is 0 Å². The molecule has 16 heavy (non-hydrogen) atoms. The van der Waals surface area contributed by atoms with Crippen molar-refractivity contribution in [2.45, 2.75) is 32.2 Å². The van der Waals surface area contributed by atoms with Gasteiger partial charge in [0.1, 0.15) is 0 Å². The van der Waals surface area contributed by atoms with E-state index in [2.05, 4.69) is 31.2 Å². The Morgan fingerprint density at radius 1 is 1.38 bits per heavy atom. The molecule has 1 aromatic rings. The van der Waals surface area contributed by atoms with Gasteiger partial charge < -0.3 is 10.5 Å². The molecule has 1 aliphatic rings. The standard InChI is InChI=1S/C14H21NO/c1-11(13-5-7-16-8-6-13)14-4-2-3-12(9-14)10-15/h2-4,9,11,13H,5-8,10,15H2,1H3. The SMILES string of the molecule is CC(c1cccc(CN)c1)C1CCOCC1. The third kappa shape index (κ3) is 2.63. The maximum atomic E-state index is 5.68. The topological polar surface area (TPSA) is 35.2 Å². The van der Waals surface area contributed by atoms with Crippen molar-refractivity contribution in [2.24, 2.45) is 11.7 Å². The van der Waals surface area contributed by atoms with Crippen LogP contribution in [-0.4, -0.2) is 13.2 Å². The van der Waals surface area contributed by atoms with E-state index < -0.39 is 0 Å². The molecule has 1 unspecified atom stereocenters. The van der Waals surface area contributed by atoms with Gasteiger partial charge in [-0.05, 0) is 35.8 Å². The van der Waals surface area contributed by atoms with E-state index in [0.29, 0.717) is 12.5 Å².